The summed E-state index contributed by atoms with van der Waals surface area (Å²) in [4.78, 5) is 27.3. The molecule has 4 rings (SSSR count). The zero-order valence-electron chi connectivity index (χ0n) is 17.7. The molecule has 0 bridgehead atoms. The van der Waals surface area contributed by atoms with E-state index in [-0.39, 0.29) is 18.4 Å². The van der Waals surface area contributed by atoms with Crippen LogP contribution in [0.15, 0.2) is 77.7 Å². The molecule has 1 fully saturated rings. The molecule has 3 aromatic rings. The maximum absolute atomic E-state index is 12.9. The molecule has 2 amide bonds. The summed E-state index contributed by atoms with van der Waals surface area (Å²) in [5.41, 5.74) is 2.26. The van der Waals surface area contributed by atoms with E-state index in [0.717, 1.165) is 11.1 Å². The monoisotopic (exact) mass is 528 g/mol. The highest BCUT2D eigenvalue weighted by atomic mass is 35.5. The van der Waals surface area contributed by atoms with E-state index in [4.69, 9.17) is 40.2 Å². The van der Waals surface area contributed by atoms with Gasteiger partial charge in [0.25, 0.3) is 11.8 Å². The second-order valence-electron chi connectivity index (χ2n) is 7.32. The topological polar surface area (TPSA) is 58.6 Å². The number of carbonyl (C=O) groups excluding carboxylic acids is 2. The van der Waals surface area contributed by atoms with Crippen LogP contribution in [0.3, 0.4) is 0 Å². The van der Waals surface area contributed by atoms with Gasteiger partial charge in [-0.05, 0) is 47.5 Å². The quantitative estimate of drug-likeness (QED) is 0.283. The van der Waals surface area contributed by atoms with Crippen molar-refractivity contribution in [3.63, 3.8) is 0 Å². The Hall–Kier alpha value is -2.84. The lowest BCUT2D eigenvalue weighted by Gasteiger charge is -2.14. The standard InChI is InChI=1S/C25H18Cl2N2O3S2/c26-18-11-19(27)13-20(12-18)28-23(30)15-32-21-8-4-7-17(9-21)10-22-24(31)29(25(33)34-22)14-16-5-2-1-3-6-16/h1-13H,14-15H2,(H,28,30)/b22-10-. The number of hydrogen-bond acceptors (Lipinski definition) is 5. The van der Waals surface area contributed by atoms with E-state index in [9.17, 15) is 9.59 Å². The summed E-state index contributed by atoms with van der Waals surface area (Å²) in [5.74, 6) is 0.00282. The summed E-state index contributed by atoms with van der Waals surface area (Å²) < 4.78 is 6.14. The third-order valence-corrected chi connectivity index (χ3v) is 6.54. The fraction of sp³-hybridized carbons (Fsp3) is 0.0800. The molecule has 0 atom stereocenters. The summed E-state index contributed by atoms with van der Waals surface area (Å²) in [7, 11) is 0. The van der Waals surface area contributed by atoms with Crippen LogP contribution in [0.4, 0.5) is 5.69 Å². The fourth-order valence-corrected chi connectivity index (χ4v) is 5.00. The number of rotatable bonds is 7. The highest BCUT2D eigenvalue weighted by Crippen LogP contribution is 2.34. The summed E-state index contributed by atoms with van der Waals surface area (Å²) >= 11 is 18.6. The van der Waals surface area contributed by atoms with Gasteiger partial charge in [-0.1, -0.05) is 89.6 Å². The molecule has 1 heterocycles. The normalized spacial score (nSPS) is 14.5. The van der Waals surface area contributed by atoms with E-state index in [0.29, 0.717) is 37.3 Å². The van der Waals surface area contributed by atoms with Gasteiger partial charge in [0.05, 0.1) is 11.4 Å². The number of anilines is 1. The molecule has 1 saturated heterocycles. The minimum absolute atomic E-state index is 0.135. The van der Waals surface area contributed by atoms with Crippen molar-refractivity contribution in [1.29, 1.82) is 0 Å². The predicted molar refractivity (Wildman–Crippen MR) is 142 cm³/mol. The van der Waals surface area contributed by atoms with Crippen LogP contribution in [-0.4, -0.2) is 27.6 Å². The Labute approximate surface area is 216 Å². The van der Waals surface area contributed by atoms with E-state index >= 15 is 0 Å². The van der Waals surface area contributed by atoms with Crippen LogP contribution in [0.2, 0.25) is 10.0 Å². The van der Waals surface area contributed by atoms with Crippen molar-refractivity contribution in [3.8, 4) is 5.75 Å². The molecule has 9 heteroatoms. The summed E-state index contributed by atoms with van der Waals surface area (Å²) in [5, 5.41) is 3.53. The first-order valence-electron chi connectivity index (χ1n) is 10.2. The number of benzene rings is 3. The first-order chi connectivity index (χ1) is 16.4. The van der Waals surface area contributed by atoms with Crippen LogP contribution in [0.25, 0.3) is 6.08 Å². The van der Waals surface area contributed by atoms with Crippen molar-refractivity contribution in [2.24, 2.45) is 0 Å². The smallest absolute Gasteiger partial charge is 0.266 e. The lowest BCUT2D eigenvalue weighted by molar-refractivity contribution is -0.122. The fourth-order valence-electron chi connectivity index (χ4n) is 3.22. The molecule has 1 aliphatic heterocycles. The lowest BCUT2D eigenvalue weighted by atomic mass is 10.2. The van der Waals surface area contributed by atoms with Gasteiger partial charge >= 0.3 is 0 Å². The molecule has 0 aliphatic carbocycles. The van der Waals surface area contributed by atoms with Gasteiger partial charge < -0.3 is 10.1 Å². The minimum Gasteiger partial charge on any atom is -0.484 e. The molecule has 0 unspecified atom stereocenters. The summed E-state index contributed by atoms with van der Waals surface area (Å²) in [6.45, 7) is 0.228. The Morgan fingerprint density at radius 1 is 1.03 bits per heavy atom. The Balaban J connectivity index is 1.38. The van der Waals surface area contributed by atoms with Crippen LogP contribution < -0.4 is 10.1 Å². The first kappa shape index (κ1) is 24.3. The highest BCUT2D eigenvalue weighted by molar-refractivity contribution is 8.26. The molecule has 0 aromatic heterocycles. The van der Waals surface area contributed by atoms with Crippen molar-refractivity contribution in [2.75, 3.05) is 11.9 Å². The number of nitrogens with one attached hydrogen (secondary N) is 1. The van der Waals surface area contributed by atoms with Gasteiger partial charge in [0.1, 0.15) is 10.1 Å². The number of amides is 2. The van der Waals surface area contributed by atoms with Gasteiger partial charge in [-0.2, -0.15) is 0 Å². The molecular formula is C25H18Cl2N2O3S2. The van der Waals surface area contributed by atoms with Crippen LogP contribution in [0, 0.1) is 0 Å². The number of thioether (sulfide) groups is 1. The van der Waals surface area contributed by atoms with E-state index in [1.165, 1.54) is 11.8 Å². The van der Waals surface area contributed by atoms with Gasteiger partial charge in [-0.15, -0.1) is 0 Å². The summed E-state index contributed by atoms with van der Waals surface area (Å²) in [6, 6.07) is 21.6. The van der Waals surface area contributed by atoms with Crippen molar-refractivity contribution < 1.29 is 14.3 Å². The SMILES string of the molecule is O=C(COc1cccc(/C=C2\SC(=S)N(Cc3ccccc3)C2=O)c1)Nc1cc(Cl)cc(Cl)c1. The zero-order chi connectivity index (χ0) is 24.1. The molecule has 1 N–H and O–H groups in total. The zero-order valence-corrected chi connectivity index (χ0v) is 20.8. The number of ether oxygens (including phenoxy) is 1. The second kappa shape index (κ2) is 11.1. The molecule has 0 radical (unpaired) electrons. The van der Waals surface area contributed by atoms with E-state index < -0.39 is 0 Å². The minimum atomic E-state index is -0.356. The third kappa shape index (κ3) is 6.39. The Kier molecular flexibility index (Phi) is 7.90. The third-order valence-electron chi connectivity index (χ3n) is 4.73. The number of carbonyl (C=O) groups is 2. The Bertz CT molecular complexity index is 1260. The van der Waals surface area contributed by atoms with Crippen LogP contribution in [0.1, 0.15) is 11.1 Å². The number of thiocarbonyl (C=S) groups is 1. The van der Waals surface area contributed by atoms with Crippen molar-refractivity contribution in [2.45, 2.75) is 6.54 Å². The average molecular weight is 529 g/mol. The molecule has 172 valence electrons. The molecule has 34 heavy (non-hydrogen) atoms. The van der Waals surface area contributed by atoms with Crippen molar-refractivity contribution >= 4 is 75.1 Å². The van der Waals surface area contributed by atoms with Crippen molar-refractivity contribution in [3.05, 3.63) is 98.9 Å². The van der Waals surface area contributed by atoms with Crippen LogP contribution >= 0.6 is 47.2 Å². The largest absolute Gasteiger partial charge is 0.484 e. The van der Waals surface area contributed by atoms with Crippen molar-refractivity contribution in [1.82, 2.24) is 4.90 Å². The number of halogens is 2. The predicted octanol–water partition coefficient (Wildman–Crippen LogP) is 6.41. The lowest BCUT2D eigenvalue weighted by Crippen LogP contribution is -2.27. The van der Waals surface area contributed by atoms with Gasteiger partial charge in [0.15, 0.2) is 6.61 Å². The van der Waals surface area contributed by atoms with Gasteiger partial charge in [0.2, 0.25) is 0 Å². The molecule has 0 spiro atoms. The maximum atomic E-state index is 12.9. The van der Waals surface area contributed by atoms with Crippen LogP contribution in [0.5, 0.6) is 5.75 Å². The molecular weight excluding hydrogens is 511 g/mol. The van der Waals surface area contributed by atoms with Gasteiger partial charge in [-0.25, -0.2) is 0 Å². The average Bonchev–Trinajstić information content (AvgIpc) is 3.05. The van der Waals surface area contributed by atoms with Crippen LogP contribution in [-0.2, 0) is 16.1 Å². The Morgan fingerprint density at radius 3 is 2.50 bits per heavy atom. The van der Waals surface area contributed by atoms with E-state index in [1.54, 1.807) is 47.4 Å². The number of hydrogen-bond donors (Lipinski definition) is 1. The first-order valence-corrected chi connectivity index (χ1v) is 12.1. The Morgan fingerprint density at radius 2 is 1.76 bits per heavy atom. The molecule has 5 nitrogen and oxygen atoms in total. The van der Waals surface area contributed by atoms with Gasteiger partial charge in [0, 0.05) is 15.7 Å². The molecule has 1 aliphatic rings. The molecule has 0 saturated carbocycles. The van der Waals surface area contributed by atoms with E-state index in [1.807, 2.05) is 36.4 Å². The highest BCUT2D eigenvalue weighted by Gasteiger charge is 2.31. The second-order valence-corrected chi connectivity index (χ2v) is 9.87. The van der Waals surface area contributed by atoms with E-state index in [2.05, 4.69) is 5.32 Å². The number of nitrogens with zero attached hydrogens (tertiary/aromatic N) is 1. The van der Waals surface area contributed by atoms with Gasteiger partial charge in [-0.3, -0.25) is 14.5 Å². The molecule has 3 aromatic carbocycles. The maximum Gasteiger partial charge on any atom is 0.266 e. The summed E-state index contributed by atoms with van der Waals surface area (Å²) in [6.07, 6.45) is 1.77.